The predicted molar refractivity (Wildman–Crippen MR) is 164 cm³/mol. The van der Waals surface area contributed by atoms with E-state index in [1.807, 2.05) is 43.1 Å². The van der Waals surface area contributed by atoms with Crippen molar-refractivity contribution in [1.29, 1.82) is 0 Å². The summed E-state index contributed by atoms with van der Waals surface area (Å²) in [7, 11) is 0. The molecule has 0 spiro atoms. The van der Waals surface area contributed by atoms with Crippen molar-refractivity contribution in [3.05, 3.63) is 125 Å². The van der Waals surface area contributed by atoms with Crippen LogP contribution in [-0.4, -0.2) is 50.4 Å². The Morgan fingerprint density at radius 2 is 1.46 bits per heavy atom. The number of nitrogens with one attached hydrogen (secondary N) is 1. The van der Waals surface area contributed by atoms with Crippen molar-refractivity contribution in [2.45, 2.75) is 70.2 Å². The van der Waals surface area contributed by atoms with Crippen molar-refractivity contribution in [1.82, 2.24) is 30.1 Å². The molecule has 1 N–H and O–H groups in total. The molecule has 6 rings (SSSR count). The molecule has 0 amide bonds. The zero-order valence-electron chi connectivity index (χ0n) is 24.0. The van der Waals surface area contributed by atoms with E-state index in [9.17, 15) is 0 Å². The van der Waals surface area contributed by atoms with Gasteiger partial charge < -0.3 is 5.32 Å². The van der Waals surface area contributed by atoms with E-state index in [1.54, 1.807) is 0 Å². The quantitative estimate of drug-likeness (QED) is 0.229. The van der Waals surface area contributed by atoms with Gasteiger partial charge in [0.2, 0.25) is 0 Å². The molecule has 0 saturated heterocycles. The van der Waals surface area contributed by atoms with Gasteiger partial charge in [0.1, 0.15) is 0 Å². The highest BCUT2D eigenvalue weighted by atomic mass is 15.2. The molecule has 1 aliphatic heterocycles. The fourth-order valence-electron chi connectivity index (χ4n) is 6.61. The number of nitrogens with zero attached hydrogens (tertiary/aromatic N) is 5. The van der Waals surface area contributed by atoms with Crippen LogP contribution in [0.5, 0.6) is 0 Å². The molecule has 0 unspecified atom stereocenters. The number of aromatic nitrogens is 3. The van der Waals surface area contributed by atoms with Gasteiger partial charge in [-0.3, -0.25) is 24.8 Å². The normalized spacial score (nSPS) is 18.3. The minimum absolute atomic E-state index is 0.404. The monoisotopic (exact) mass is 546 g/mol. The van der Waals surface area contributed by atoms with Crippen molar-refractivity contribution >= 4 is 0 Å². The first-order chi connectivity index (χ1) is 20.3. The maximum absolute atomic E-state index is 4.92. The van der Waals surface area contributed by atoms with Crippen molar-refractivity contribution < 1.29 is 0 Å². The molecule has 41 heavy (non-hydrogen) atoms. The van der Waals surface area contributed by atoms with Crippen LogP contribution in [-0.2, 0) is 32.5 Å². The molecule has 3 aromatic heterocycles. The van der Waals surface area contributed by atoms with Gasteiger partial charge in [0.25, 0.3) is 0 Å². The van der Waals surface area contributed by atoms with E-state index in [0.717, 1.165) is 58.5 Å². The van der Waals surface area contributed by atoms with Crippen molar-refractivity contribution in [2.75, 3.05) is 19.6 Å². The van der Waals surface area contributed by atoms with Gasteiger partial charge >= 0.3 is 0 Å². The van der Waals surface area contributed by atoms with E-state index in [1.165, 1.54) is 52.8 Å². The minimum atomic E-state index is 0.404. The zero-order chi connectivity index (χ0) is 27.7. The molecule has 4 heterocycles. The van der Waals surface area contributed by atoms with E-state index in [2.05, 4.69) is 73.6 Å². The molecule has 0 saturated carbocycles. The second-order valence-corrected chi connectivity index (χ2v) is 11.6. The first-order valence-corrected chi connectivity index (χ1v) is 15.3. The van der Waals surface area contributed by atoms with E-state index in [0.29, 0.717) is 12.1 Å². The molecular formula is C35H42N6. The molecule has 1 aromatic carbocycles. The smallest absolute Gasteiger partial charge is 0.0607 e. The molecule has 1 aliphatic carbocycles. The summed E-state index contributed by atoms with van der Waals surface area (Å²) in [6.07, 6.45) is 16.7. The van der Waals surface area contributed by atoms with Crippen LogP contribution in [0.25, 0.3) is 0 Å². The Kier molecular flexibility index (Phi) is 9.42. The summed E-state index contributed by atoms with van der Waals surface area (Å²) in [5.41, 5.74) is 8.21. The van der Waals surface area contributed by atoms with Gasteiger partial charge in [-0.25, -0.2) is 0 Å². The Hall–Kier alpha value is -3.45. The number of rotatable bonds is 12. The van der Waals surface area contributed by atoms with Gasteiger partial charge in [0.05, 0.1) is 11.7 Å². The van der Waals surface area contributed by atoms with Crippen LogP contribution in [0.3, 0.4) is 0 Å². The maximum atomic E-state index is 4.92. The Morgan fingerprint density at radius 3 is 2.22 bits per heavy atom. The highest BCUT2D eigenvalue weighted by Gasteiger charge is 2.29. The highest BCUT2D eigenvalue weighted by Crippen LogP contribution is 2.33. The number of unbranched alkanes of at least 4 members (excludes halogenated alkanes) is 1. The average Bonchev–Trinajstić information content (AvgIpc) is 3.03. The summed E-state index contributed by atoms with van der Waals surface area (Å²) in [4.78, 5) is 18.9. The van der Waals surface area contributed by atoms with E-state index in [4.69, 9.17) is 4.98 Å². The molecule has 0 radical (unpaired) electrons. The van der Waals surface area contributed by atoms with Crippen LogP contribution in [0.15, 0.2) is 91.6 Å². The zero-order valence-corrected chi connectivity index (χ0v) is 24.0. The summed E-state index contributed by atoms with van der Waals surface area (Å²) in [5, 5.41) is 3.85. The number of benzene rings is 1. The summed E-state index contributed by atoms with van der Waals surface area (Å²) < 4.78 is 0. The Morgan fingerprint density at radius 1 is 0.756 bits per heavy atom. The van der Waals surface area contributed by atoms with Gasteiger partial charge in [-0.15, -0.1) is 0 Å². The van der Waals surface area contributed by atoms with E-state index >= 15 is 0 Å². The Bertz CT molecular complexity index is 1320. The highest BCUT2D eigenvalue weighted by molar-refractivity contribution is 5.30. The molecule has 2 aliphatic rings. The van der Waals surface area contributed by atoms with Crippen LogP contribution in [0.4, 0.5) is 0 Å². The van der Waals surface area contributed by atoms with Crippen LogP contribution in [0.2, 0.25) is 0 Å². The van der Waals surface area contributed by atoms with E-state index in [-0.39, 0.29) is 0 Å². The average molecular weight is 547 g/mol. The molecule has 0 fully saturated rings. The third-order valence-electron chi connectivity index (χ3n) is 8.65. The van der Waals surface area contributed by atoms with E-state index < -0.39 is 0 Å². The Balaban J connectivity index is 1.12. The maximum Gasteiger partial charge on any atom is 0.0607 e. The summed E-state index contributed by atoms with van der Waals surface area (Å²) in [6, 6.07) is 22.6. The lowest BCUT2D eigenvalue weighted by Crippen LogP contribution is -2.46. The fourth-order valence-corrected chi connectivity index (χ4v) is 6.61. The second-order valence-electron chi connectivity index (χ2n) is 11.6. The first kappa shape index (κ1) is 27.7. The Labute approximate surface area is 244 Å². The van der Waals surface area contributed by atoms with Gasteiger partial charge in [0.15, 0.2) is 0 Å². The summed E-state index contributed by atoms with van der Waals surface area (Å²) in [6.45, 7) is 5.96. The van der Waals surface area contributed by atoms with Gasteiger partial charge in [-0.05, 0) is 97.6 Å². The number of hydrogen-bond acceptors (Lipinski definition) is 6. The molecule has 0 bridgehead atoms. The molecule has 6 nitrogen and oxygen atoms in total. The number of pyridine rings is 3. The summed E-state index contributed by atoms with van der Waals surface area (Å²) in [5.74, 6) is 0. The number of fused-ring (bicyclic) bond motifs is 2. The van der Waals surface area contributed by atoms with Crippen molar-refractivity contribution in [3.63, 3.8) is 0 Å². The van der Waals surface area contributed by atoms with Crippen LogP contribution in [0.1, 0.15) is 65.2 Å². The predicted octanol–water partition coefficient (Wildman–Crippen LogP) is 5.75. The van der Waals surface area contributed by atoms with Crippen molar-refractivity contribution in [2.24, 2.45) is 0 Å². The molecular weight excluding hydrogens is 504 g/mol. The summed E-state index contributed by atoms with van der Waals surface area (Å²) >= 11 is 0. The standard InChI is InChI=1S/C35H42N6/c1-2-12-32-24-39-33(21-31(32)11-1)27-41(34-15-5-13-30-14-8-18-38-35(30)34)20-4-3-19-40(25-28-9-6-16-36-22-28)26-29-10-7-17-37-23-29/h1-2,6-12,14,16-18,22-23,33-34,39H,3-5,13,15,19-21,24-27H2/t33-,34+/m1/s1. The van der Waals surface area contributed by atoms with Gasteiger partial charge in [-0.1, -0.05) is 42.5 Å². The van der Waals surface area contributed by atoms with Crippen LogP contribution < -0.4 is 5.32 Å². The van der Waals surface area contributed by atoms with Gasteiger partial charge in [-0.2, -0.15) is 0 Å². The van der Waals surface area contributed by atoms with Crippen LogP contribution in [0, 0.1) is 0 Å². The topological polar surface area (TPSA) is 57.2 Å². The second kappa shape index (κ2) is 13.9. The third-order valence-corrected chi connectivity index (χ3v) is 8.65. The molecule has 4 aromatic rings. The first-order valence-electron chi connectivity index (χ1n) is 15.3. The number of hydrogen-bond donors (Lipinski definition) is 1. The fraction of sp³-hybridized carbons (Fsp3) is 0.400. The lowest BCUT2D eigenvalue weighted by molar-refractivity contribution is 0.147. The SMILES string of the molecule is c1cncc(CN(CCCCN(C[C@H]2Cc3ccccc3CN2)[C@H]2CCCc3cccnc32)Cc2cccnc2)c1. The lowest BCUT2D eigenvalue weighted by Gasteiger charge is -2.38. The molecule has 2 atom stereocenters. The lowest BCUT2D eigenvalue weighted by atomic mass is 9.89. The third kappa shape index (κ3) is 7.45. The largest absolute Gasteiger partial charge is 0.308 e. The van der Waals surface area contributed by atoms with Crippen molar-refractivity contribution in [3.8, 4) is 0 Å². The number of aryl methyl sites for hydroxylation is 1. The molecule has 212 valence electrons. The molecule has 6 heteroatoms. The van der Waals surface area contributed by atoms with Crippen LogP contribution >= 0.6 is 0 Å². The minimum Gasteiger partial charge on any atom is -0.308 e. The van der Waals surface area contributed by atoms with Gasteiger partial charge in [0, 0.05) is 63.2 Å².